The largest absolute Gasteiger partial charge is 0.416 e. The van der Waals surface area contributed by atoms with Crippen molar-refractivity contribution in [1.29, 1.82) is 0 Å². The summed E-state index contributed by atoms with van der Waals surface area (Å²) in [5, 5.41) is 13.1. The van der Waals surface area contributed by atoms with Crippen molar-refractivity contribution in [2.24, 2.45) is 0 Å². The number of non-ortho nitro benzene ring substituents is 1. The van der Waals surface area contributed by atoms with E-state index in [1.807, 2.05) is 0 Å². The molecule has 30 heavy (non-hydrogen) atoms. The number of pyridine rings is 1. The molecule has 1 amide bonds. The molecule has 0 aliphatic carbocycles. The summed E-state index contributed by atoms with van der Waals surface area (Å²) >= 11 is 0. The van der Waals surface area contributed by atoms with Gasteiger partial charge in [0, 0.05) is 24.0 Å². The lowest BCUT2D eigenvalue weighted by atomic mass is 10.1. The van der Waals surface area contributed by atoms with E-state index in [1.165, 1.54) is 54.7 Å². The van der Waals surface area contributed by atoms with E-state index >= 15 is 0 Å². The van der Waals surface area contributed by atoms with Crippen LogP contribution in [0.5, 0.6) is 0 Å². The first-order valence-electron chi connectivity index (χ1n) is 8.56. The zero-order valence-corrected chi connectivity index (χ0v) is 15.2. The lowest BCUT2D eigenvalue weighted by Crippen LogP contribution is -2.29. The number of nitrogens with one attached hydrogen (secondary N) is 1. The summed E-state index contributed by atoms with van der Waals surface area (Å²) in [4.78, 5) is 35.1. The number of hydrogen-bond acceptors (Lipinski definition) is 4. The van der Waals surface area contributed by atoms with Crippen LogP contribution in [0.25, 0.3) is 0 Å². The van der Waals surface area contributed by atoms with Gasteiger partial charge in [-0.1, -0.05) is 12.1 Å². The molecule has 0 radical (unpaired) electrons. The average Bonchev–Trinajstić information content (AvgIpc) is 2.69. The summed E-state index contributed by atoms with van der Waals surface area (Å²) in [5.41, 5.74) is -1.40. The molecule has 7 nitrogen and oxygen atoms in total. The Bertz CT molecular complexity index is 1150. The molecular formula is C20H14F3N3O4. The van der Waals surface area contributed by atoms with E-state index in [4.69, 9.17) is 0 Å². The van der Waals surface area contributed by atoms with Crippen LogP contribution in [0, 0.1) is 10.1 Å². The van der Waals surface area contributed by atoms with Crippen molar-refractivity contribution < 1.29 is 22.9 Å². The number of nitro groups is 1. The maximum atomic E-state index is 12.9. The molecule has 0 spiro atoms. The normalized spacial score (nSPS) is 11.2. The quantitative estimate of drug-likeness (QED) is 0.500. The molecule has 1 N–H and O–H groups in total. The number of halogens is 3. The lowest BCUT2D eigenvalue weighted by molar-refractivity contribution is -0.384. The van der Waals surface area contributed by atoms with Crippen molar-refractivity contribution in [3.63, 3.8) is 0 Å². The van der Waals surface area contributed by atoms with Crippen molar-refractivity contribution in [3.05, 3.63) is 104 Å². The molecule has 0 aliphatic heterocycles. The third-order valence-corrected chi connectivity index (χ3v) is 4.21. The molecule has 3 rings (SSSR count). The topological polar surface area (TPSA) is 94.2 Å². The van der Waals surface area contributed by atoms with Crippen LogP contribution in [0.4, 0.5) is 24.5 Å². The van der Waals surface area contributed by atoms with Crippen molar-refractivity contribution in [2.75, 3.05) is 5.32 Å². The minimum Gasteiger partial charge on any atom is -0.322 e. The van der Waals surface area contributed by atoms with Gasteiger partial charge in [0.05, 0.1) is 17.0 Å². The molecule has 0 atom stereocenters. The van der Waals surface area contributed by atoms with Gasteiger partial charge in [-0.25, -0.2) is 0 Å². The van der Waals surface area contributed by atoms with Crippen molar-refractivity contribution in [2.45, 2.75) is 12.7 Å². The fourth-order valence-corrected chi connectivity index (χ4v) is 2.74. The molecule has 1 heterocycles. The van der Waals surface area contributed by atoms with Gasteiger partial charge in [0.15, 0.2) is 0 Å². The second-order valence-electron chi connectivity index (χ2n) is 6.31. The van der Waals surface area contributed by atoms with Gasteiger partial charge in [-0.3, -0.25) is 19.7 Å². The van der Waals surface area contributed by atoms with Crippen LogP contribution in [0.3, 0.4) is 0 Å². The molecule has 0 fully saturated rings. The fourth-order valence-electron chi connectivity index (χ4n) is 2.74. The molecule has 2 aromatic carbocycles. The number of nitro benzene ring substituents is 1. The van der Waals surface area contributed by atoms with Gasteiger partial charge >= 0.3 is 6.18 Å². The molecular weight excluding hydrogens is 403 g/mol. The van der Waals surface area contributed by atoms with Gasteiger partial charge in [0.1, 0.15) is 5.56 Å². The molecule has 0 saturated heterocycles. The molecule has 154 valence electrons. The van der Waals surface area contributed by atoms with Crippen LogP contribution in [0.15, 0.2) is 71.7 Å². The number of nitrogens with zero attached hydrogens (tertiary/aromatic N) is 2. The van der Waals surface area contributed by atoms with Gasteiger partial charge in [-0.2, -0.15) is 13.2 Å². The highest BCUT2D eigenvalue weighted by molar-refractivity contribution is 6.04. The van der Waals surface area contributed by atoms with Crippen LogP contribution in [-0.2, 0) is 12.7 Å². The first-order valence-corrected chi connectivity index (χ1v) is 8.56. The number of amides is 1. The number of benzene rings is 2. The van der Waals surface area contributed by atoms with Crippen LogP contribution in [0.2, 0.25) is 0 Å². The summed E-state index contributed by atoms with van der Waals surface area (Å²) in [6.07, 6.45) is -3.14. The van der Waals surface area contributed by atoms with E-state index in [2.05, 4.69) is 5.32 Å². The smallest absolute Gasteiger partial charge is 0.322 e. The number of alkyl halides is 3. The Kier molecular flexibility index (Phi) is 5.67. The second kappa shape index (κ2) is 8.19. The highest BCUT2D eigenvalue weighted by atomic mass is 19.4. The van der Waals surface area contributed by atoms with Crippen LogP contribution in [0.1, 0.15) is 21.5 Å². The minimum atomic E-state index is -4.51. The van der Waals surface area contributed by atoms with E-state index in [1.54, 1.807) is 0 Å². The number of rotatable bonds is 5. The Morgan fingerprint density at radius 1 is 1.07 bits per heavy atom. The maximum absolute atomic E-state index is 12.9. The molecule has 0 saturated carbocycles. The number of aromatic nitrogens is 1. The number of carbonyl (C=O) groups is 1. The number of hydrogen-bond donors (Lipinski definition) is 1. The number of anilines is 1. The lowest BCUT2D eigenvalue weighted by Gasteiger charge is -2.11. The Morgan fingerprint density at radius 2 is 1.77 bits per heavy atom. The summed E-state index contributed by atoms with van der Waals surface area (Å²) in [6, 6.07) is 12.3. The summed E-state index contributed by atoms with van der Waals surface area (Å²) in [5.74, 6) is -0.743. The zero-order valence-electron chi connectivity index (χ0n) is 15.2. The molecule has 3 aromatic rings. The molecule has 0 aliphatic rings. The minimum absolute atomic E-state index is 0.151. The Labute approximate surface area is 167 Å². The van der Waals surface area contributed by atoms with E-state index in [0.29, 0.717) is 0 Å². The Balaban J connectivity index is 1.82. The maximum Gasteiger partial charge on any atom is 0.416 e. The average molecular weight is 417 g/mol. The predicted molar refractivity (Wildman–Crippen MR) is 102 cm³/mol. The van der Waals surface area contributed by atoms with E-state index in [-0.39, 0.29) is 29.0 Å². The molecule has 1 aromatic heterocycles. The summed E-state index contributed by atoms with van der Waals surface area (Å²) in [7, 11) is 0. The van der Waals surface area contributed by atoms with E-state index in [9.17, 15) is 32.9 Å². The Hall–Kier alpha value is -3.95. The van der Waals surface area contributed by atoms with Gasteiger partial charge in [0.2, 0.25) is 0 Å². The zero-order chi connectivity index (χ0) is 21.9. The van der Waals surface area contributed by atoms with Crippen LogP contribution < -0.4 is 10.9 Å². The van der Waals surface area contributed by atoms with E-state index < -0.39 is 28.1 Å². The van der Waals surface area contributed by atoms with Crippen LogP contribution >= 0.6 is 0 Å². The molecule has 0 bridgehead atoms. The predicted octanol–water partition coefficient (Wildman–Crippen LogP) is 4.08. The van der Waals surface area contributed by atoms with Crippen LogP contribution in [-0.4, -0.2) is 15.4 Å². The van der Waals surface area contributed by atoms with Gasteiger partial charge in [-0.05, 0) is 42.0 Å². The highest BCUT2D eigenvalue weighted by Gasteiger charge is 2.30. The first-order chi connectivity index (χ1) is 14.1. The SMILES string of the molecule is O=C(Nc1ccc([N+](=O)[O-])cc1)c1cccn(Cc2cccc(C(F)(F)F)c2)c1=O. The van der Waals surface area contributed by atoms with E-state index in [0.717, 1.165) is 16.7 Å². The van der Waals surface area contributed by atoms with Crippen molar-refractivity contribution in [3.8, 4) is 0 Å². The Morgan fingerprint density at radius 3 is 2.40 bits per heavy atom. The monoisotopic (exact) mass is 417 g/mol. The second-order valence-corrected chi connectivity index (χ2v) is 6.31. The van der Waals surface area contributed by atoms with Gasteiger partial charge in [-0.15, -0.1) is 0 Å². The third-order valence-electron chi connectivity index (χ3n) is 4.21. The highest BCUT2D eigenvalue weighted by Crippen LogP contribution is 2.29. The molecule has 0 unspecified atom stereocenters. The van der Waals surface area contributed by atoms with Gasteiger partial charge < -0.3 is 9.88 Å². The molecule has 10 heteroatoms. The standard InChI is InChI=1S/C20H14F3N3O4/c21-20(22,23)14-4-1-3-13(11-14)12-25-10-2-5-17(19(25)28)18(27)24-15-6-8-16(9-7-15)26(29)30/h1-11H,12H2,(H,24,27). The van der Waals surface area contributed by atoms with Crippen molar-refractivity contribution >= 4 is 17.3 Å². The number of carbonyl (C=O) groups excluding carboxylic acids is 1. The van der Waals surface area contributed by atoms with Gasteiger partial charge in [0.25, 0.3) is 17.2 Å². The third kappa shape index (κ3) is 4.72. The summed E-state index contributed by atoms with van der Waals surface area (Å²) in [6.45, 7) is -0.151. The first kappa shape index (κ1) is 20.8. The van der Waals surface area contributed by atoms with Crippen molar-refractivity contribution in [1.82, 2.24) is 4.57 Å². The fraction of sp³-hybridized carbons (Fsp3) is 0.100. The summed E-state index contributed by atoms with van der Waals surface area (Å²) < 4.78 is 39.7.